The average molecular weight is 505 g/mol. The summed E-state index contributed by atoms with van der Waals surface area (Å²) in [5, 5.41) is 11.1. The molecule has 1 amide bonds. The first-order valence-electron chi connectivity index (χ1n) is 8.96. The van der Waals surface area contributed by atoms with Crippen molar-refractivity contribution in [2.75, 3.05) is 26.0 Å². The van der Waals surface area contributed by atoms with Crippen LogP contribution in [0.4, 0.5) is 5.69 Å². The zero-order valence-electron chi connectivity index (χ0n) is 17.0. The van der Waals surface area contributed by atoms with Crippen LogP contribution in [0, 0.1) is 5.41 Å². The predicted octanol–water partition coefficient (Wildman–Crippen LogP) is 3.55. The Bertz CT molecular complexity index is 1270. The van der Waals surface area contributed by atoms with Crippen molar-refractivity contribution in [2.45, 2.75) is 18.4 Å². The zero-order chi connectivity index (χ0) is 22.1. The summed E-state index contributed by atoms with van der Waals surface area (Å²) >= 11 is 7.38. The fraction of sp³-hybridized carbons (Fsp3) is 0.263. The van der Waals surface area contributed by atoms with Crippen molar-refractivity contribution in [3.05, 3.63) is 46.2 Å². The van der Waals surface area contributed by atoms with Crippen molar-refractivity contribution in [2.24, 2.45) is 0 Å². The minimum absolute atomic E-state index is 0. The second-order valence-corrected chi connectivity index (χ2v) is 10.1. The van der Waals surface area contributed by atoms with Gasteiger partial charge in [-0.15, -0.1) is 12.4 Å². The molecule has 3 rings (SSSR count). The number of hydrogen-bond acceptors (Lipinski definition) is 6. The molecule has 1 heterocycles. The molecule has 0 aliphatic carbocycles. The van der Waals surface area contributed by atoms with Crippen LogP contribution in [0.1, 0.15) is 6.92 Å². The smallest absolute Gasteiger partial charge is 0.244 e. The molecular formula is C19H22Cl2N4O4S2. The van der Waals surface area contributed by atoms with Crippen LogP contribution in [0.2, 0.25) is 5.02 Å². The van der Waals surface area contributed by atoms with E-state index in [2.05, 4.69) is 5.32 Å². The van der Waals surface area contributed by atoms with E-state index in [9.17, 15) is 13.2 Å². The van der Waals surface area contributed by atoms with Crippen LogP contribution >= 0.6 is 35.3 Å². The fourth-order valence-electron chi connectivity index (χ4n) is 2.79. The van der Waals surface area contributed by atoms with Crippen molar-refractivity contribution in [1.29, 1.82) is 5.41 Å². The second kappa shape index (κ2) is 10.0. The Hall–Kier alpha value is -2.11. The lowest BCUT2D eigenvalue weighted by molar-refractivity contribution is -0.116. The number of sulfonamides is 1. The molecule has 2 N–H and O–H groups in total. The van der Waals surface area contributed by atoms with Gasteiger partial charge in [-0.3, -0.25) is 10.2 Å². The van der Waals surface area contributed by atoms with E-state index in [0.717, 1.165) is 14.5 Å². The number of ether oxygens (including phenoxy) is 1. The minimum Gasteiger partial charge on any atom is -0.494 e. The van der Waals surface area contributed by atoms with E-state index >= 15 is 0 Å². The van der Waals surface area contributed by atoms with E-state index in [1.165, 1.54) is 43.6 Å². The van der Waals surface area contributed by atoms with Crippen LogP contribution in [-0.2, 0) is 21.4 Å². The monoisotopic (exact) mass is 504 g/mol. The fourth-order valence-corrected chi connectivity index (χ4v) is 4.82. The van der Waals surface area contributed by atoms with E-state index in [4.69, 9.17) is 21.7 Å². The number of amides is 1. The van der Waals surface area contributed by atoms with Crippen LogP contribution < -0.4 is 14.9 Å². The Morgan fingerprint density at radius 2 is 1.97 bits per heavy atom. The highest BCUT2D eigenvalue weighted by Gasteiger charge is 2.19. The maximum atomic E-state index is 12.6. The van der Waals surface area contributed by atoms with Crippen molar-refractivity contribution < 1.29 is 17.9 Å². The molecule has 2 aromatic carbocycles. The normalized spacial score (nSPS) is 11.4. The Morgan fingerprint density at radius 1 is 1.26 bits per heavy atom. The molecule has 0 radical (unpaired) electrons. The quantitative estimate of drug-likeness (QED) is 0.513. The number of nitrogens with zero attached hydrogens (tertiary/aromatic N) is 2. The molecule has 0 atom stereocenters. The Labute approximate surface area is 195 Å². The number of aromatic nitrogens is 1. The highest BCUT2D eigenvalue weighted by Crippen LogP contribution is 2.27. The Kier molecular flexibility index (Phi) is 8.12. The summed E-state index contributed by atoms with van der Waals surface area (Å²) in [6, 6.07) is 9.56. The predicted molar refractivity (Wildman–Crippen MR) is 125 cm³/mol. The first-order chi connectivity index (χ1) is 14.1. The van der Waals surface area contributed by atoms with Gasteiger partial charge in [-0.25, -0.2) is 12.7 Å². The van der Waals surface area contributed by atoms with Gasteiger partial charge < -0.3 is 14.6 Å². The van der Waals surface area contributed by atoms with Gasteiger partial charge in [0.1, 0.15) is 12.3 Å². The summed E-state index contributed by atoms with van der Waals surface area (Å²) in [5.41, 5.74) is 0.925. The van der Waals surface area contributed by atoms with Crippen LogP contribution in [0.25, 0.3) is 10.2 Å². The molecule has 168 valence electrons. The lowest BCUT2D eigenvalue weighted by Crippen LogP contribution is -2.25. The van der Waals surface area contributed by atoms with Gasteiger partial charge in [0.2, 0.25) is 15.9 Å². The summed E-state index contributed by atoms with van der Waals surface area (Å²) in [6.07, 6.45) is 0. The highest BCUT2D eigenvalue weighted by molar-refractivity contribution is 7.89. The Morgan fingerprint density at radius 3 is 2.61 bits per heavy atom. The number of thiazole rings is 1. The SMILES string of the molecule is CCOc1ccc2c(c1)sc(=N)n2CC(=O)Nc1cc(S(=O)(=O)N(C)C)ccc1Cl.Cl. The number of carbonyl (C=O) groups excluding carboxylic acids is 1. The van der Waals surface area contributed by atoms with E-state index in [0.29, 0.717) is 12.4 Å². The van der Waals surface area contributed by atoms with Gasteiger partial charge in [-0.2, -0.15) is 0 Å². The van der Waals surface area contributed by atoms with Crippen LogP contribution in [0.5, 0.6) is 5.75 Å². The van der Waals surface area contributed by atoms with Crippen molar-refractivity contribution >= 4 is 67.2 Å². The molecule has 0 unspecified atom stereocenters. The molecule has 0 fully saturated rings. The molecule has 8 nitrogen and oxygen atoms in total. The number of anilines is 1. The van der Waals surface area contributed by atoms with Crippen LogP contribution in [0.15, 0.2) is 41.3 Å². The largest absolute Gasteiger partial charge is 0.494 e. The maximum Gasteiger partial charge on any atom is 0.244 e. The lowest BCUT2D eigenvalue weighted by atomic mass is 10.3. The summed E-state index contributed by atoms with van der Waals surface area (Å²) in [5.74, 6) is 0.275. The van der Waals surface area contributed by atoms with Crippen LogP contribution in [0.3, 0.4) is 0 Å². The van der Waals surface area contributed by atoms with Gasteiger partial charge >= 0.3 is 0 Å². The average Bonchev–Trinajstić information content (AvgIpc) is 2.98. The van der Waals surface area contributed by atoms with Gasteiger partial charge in [0.05, 0.1) is 32.4 Å². The van der Waals surface area contributed by atoms with Crippen molar-refractivity contribution in [3.63, 3.8) is 0 Å². The number of benzene rings is 2. The summed E-state index contributed by atoms with van der Waals surface area (Å²) in [6.45, 7) is 2.31. The van der Waals surface area contributed by atoms with Crippen molar-refractivity contribution in [3.8, 4) is 5.75 Å². The maximum absolute atomic E-state index is 12.6. The minimum atomic E-state index is -3.67. The van der Waals surface area contributed by atoms with Gasteiger partial charge in [0, 0.05) is 14.1 Å². The van der Waals surface area contributed by atoms with E-state index in [1.807, 2.05) is 13.0 Å². The Balaban J connectivity index is 0.00000341. The second-order valence-electron chi connectivity index (χ2n) is 6.53. The van der Waals surface area contributed by atoms with Gasteiger partial charge in [-0.05, 0) is 43.3 Å². The number of nitrogens with one attached hydrogen (secondary N) is 2. The third-order valence-electron chi connectivity index (χ3n) is 4.28. The van der Waals surface area contributed by atoms with E-state index < -0.39 is 15.9 Å². The molecule has 0 bridgehead atoms. The molecule has 0 aliphatic rings. The number of halogens is 2. The topological polar surface area (TPSA) is 104 Å². The number of hydrogen-bond donors (Lipinski definition) is 2. The summed E-state index contributed by atoms with van der Waals surface area (Å²) in [4.78, 5) is 12.9. The molecule has 0 aliphatic heterocycles. The molecule has 0 saturated carbocycles. The first-order valence-corrected chi connectivity index (χ1v) is 11.6. The zero-order valence-corrected chi connectivity index (χ0v) is 20.2. The van der Waals surface area contributed by atoms with E-state index in [-0.39, 0.29) is 39.4 Å². The molecule has 0 saturated heterocycles. The molecule has 31 heavy (non-hydrogen) atoms. The lowest BCUT2D eigenvalue weighted by Gasteiger charge is -2.14. The van der Waals surface area contributed by atoms with E-state index in [1.54, 1.807) is 16.7 Å². The number of rotatable bonds is 7. The molecular weight excluding hydrogens is 483 g/mol. The molecule has 0 spiro atoms. The third-order valence-corrected chi connectivity index (χ3v) is 7.38. The van der Waals surface area contributed by atoms with Gasteiger partial charge in [0.25, 0.3) is 0 Å². The van der Waals surface area contributed by atoms with Crippen molar-refractivity contribution in [1.82, 2.24) is 8.87 Å². The summed E-state index contributed by atoms with van der Waals surface area (Å²) in [7, 11) is -0.821. The standard InChI is InChI=1S/C19H21ClN4O4S2.ClH/c1-4-28-12-5-8-16-17(9-12)29-19(21)24(16)11-18(25)22-15-10-13(6-7-14(15)20)30(26,27)23(2)3;/h5-10,21H,4,11H2,1-3H3,(H,22,25);1H. The molecule has 1 aromatic heterocycles. The van der Waals surface area contributed by atoms with Crippen LogP contribution in [-0.4, -0.2) is 43.9 Å². The van der Waals surface area contributed by atoms with Gasteiger partial charge in [-0.1, -0.05) is 22.9 Å². The number of carbonyl (C=O) groups is 1. The third kappa shape index (κ3) is 5.39. The molecule has 3 aromatic rings. The molecule has 12 heteroatoms. The van der Waals surface area contributed by atoms with Gasteiger partial charge in [0.15, 0.2) is 4.80 Å². The first kappa shape index (κ1) is 25.2. The summed E-state index contributed by atoms with van der Waals surface area (Å²) < 4.78 is 33.6. The highest BCUT2D eigenvalue weighted by atomic mass is 35.5. The number of fused-ring (bicyclic) bond motifs is 1.